The average molecular weight is 410 g/mol. The van der Waals surface area contributed by atoms with Gasteiger partial charge in [0.2, 0.25) is 0 Å². The van der Waals surface area contributed by atoms with Crippen molar-refractivity contribution >= 4 is 0 Å². The van der Waals surface area contributed by atoms with Crippen molar-refractivity contribution in [2.45, 2.75) is 24.6 Å². The van der Waals surface area contributed by atoms with Crippen LogP contribution in [0.4, 0.5) is 61.5 Å². The first-order valence-corrected chi connectivity index (χ1v) is 4.87. The minimum atomic E-state index is -6.97. The van der Waals surface area contributed by atoms with Crippen LogP contribution in [-0.2, 0) is 14.2 Å². The molecule has 0 aromatic carbocycles. The van der Waals surface area contributed by atoms with Crippen LogP contribution >= 0.6 is 0 Å². The summed E-state index contributed by atoms with van der Waals surface area (Å²) in [6.45, 7) is 0. The Labute approximate surface area is 126 Å². The van der Waals surface area contributed by atoms with Crippen molar-refractivity contribution in [3.8, 4) is 0 Å². The fraction of sp³-hybridized carbons (Fsp3) is 0.500. The van der Waals surface area contributed by atoms with Crippen molar-refractivity contribution in [2.24, 2.45) is 0 Å². The number of hydrogen-bond donors (Lipinski definition) is 0. The van der Waals surface area contributed by atoms with Gasteiger partial charge in [-0.1, -0.05) is 0 Å². The summed E-state index contributed by atoms with van der Waals surface area (Å²) in [6.07, 6.45) is -34.4. The van der Waals surface area contributed by atoms with E-state index in [0.717, 1.165) is 0 Å². The molecule has 0 saturated carbocycles. The zero-order chi connectivity index (χ0) is 20.4. The van der Waals surface area contributed by atoms with Crippen LogP contribution < -0.4 is 0 Å². The van der Waals surface area contributed by atoms with Gasteiger partial charge >= 0.3 is 42.8 Å². The van der Waals surface area contributed by atoms with Gasteiger partial charge in [-0.3, -0.25) is 0 Å². The van der Waals surface area contributed by atoms with E-state index in [1.54, 1.807) is 9.47 Å². The molecule has 0 fully saturated rings. The molecule has 0 rings (SSSR count). The van der Waals surface area contributed by atoms with Crippen LogP contribution in [-0.4, -0.2) is 24.6 Å². The third kappa shape index (κ3) is 6.22. The second kappa shape index (κ2) is 7.22. The summed E-state index contributed by atoms with van der Waals surface area (Å²) in [7, 11) is 0. The van der Waals surface area contributed by atoms with Crippen LogP contribution in [0.1, 0.15) is 0 Å². The maximum Gasteiger partial charge on any atom is 0.542 e. The maximum absolute atomic E-state index is 12.7. The van der Waals surface area contributed by atoms with E-state index >= 15 is 0 Å². The normalized spacial score (nSPS) is 13.5. The van der Waals surface area contributed by atoms with Crippen molar-refractivity contribution in [2.75, 3.05) is 0 Å². The van der Waals surface area contributed by atoms with Crippen LogP contribution in [0.15, 0.2) is 24.0 Å². The van der Waals surface area contributed by atoms with Crippen LogP contribution in [0.3, 0.4) is 0 Å². The van der Waals surface area contributed by atoms with Gasteiger partial charge < -0.3 is 4.74 Å². The summed E-state index contributed by atoms with van der Waals surface area (Å²) < 4.78 is 176. The molecule has 0 bridgehead atoms. The van der Waals surface area contributed by atoms with Crippen LogP contribution in [0, 0.1) is 0 Å². The zero-order valence-electron chi connectivity index (χ0n) is 10.5. The molecule has 0 N–H and O–H groups in total. The summed E-state index contributed by atoms with van der Waals surface area (Å²) in [4.78, 5) is 0. The van der Waals surface area contributed by atoms with E-state index < -0.39 is 48.6 Å². The number of halogens is 14. The molecule has 0 amide bonds. The molecular weight excluding hydrogens is 410 g/mol. The fourth-order valence-electron chi connectivity index (χ4n) is 0.748. The molecule has 148 valence electrons. The molecule has 0 aliphatic heterocycles. The lowest BCUT2D eigenvalue weighted by Crippen LogP contribution is -2.52. The van der Waals surface area contributed by atoms with Gasteiger partial charge in [0.05, 0.1) is 0 Å². The Morgan fingerprint density at radius 2 is 0.960 bits per heavy atom. The van der Waals surface area contributed by atoms with Crippen molar-refractivity contribution < 1.29 is 75.7 Å². The Kier molecular flexibility index (Phi) is 6.71. The number of hydrogen-bond acceptors (Lipinski definition) is 3. The van der Waals surface area contributed by atoms with E-state index in [0.29, 0.717) is 0 Å². The Balaban J connectivity index is 5.48. The molecule has 0 saturated heterocycles. The first kappa shape index (κ1) is 23.2. The minimum Gasteiger partial charge on any atom is -0.378 e. The van der Waals surface area contributed by atoms with Gasteiger partial charge in [0.25, 0.3) is 5.83 Å². The van der Waals surface area contributed by atoms with Gasteiger partial charge in [-0.25, -0.2) is 9.47 Å². The molecule has 0 aliphatic carbocycles. The standard InChI is InChI=1S/C8F14O3/c9-1(2(10)11)5(15,16)24-6(17,18)7(19,20)25-8(21,22)23-4(14)3(12)13. The average Bonchev–Trinajstić information content (AvgIpc) is 2.33. The van der Waals surface area contributed by atoms with Gasteiger partial charge in [-0.05, 0) is 0 Å². The largest absolute Gasteiger partial charge is 0.542 e. The van der Waals surface area contributed by atoms with Crippen molar-refractivity contribution in [3.05, 3.63) is 24.0 Å². The number of rotatable bonds is 8. The smallest absolute Gasteiger partial charge is 0.378 e. The Bertz CT molecular complexity index is 544. The number of alkyl halides is 8. The summed E-state index contributed by atoms with van der Waals surface area (Å²) in [5.41, 5.74) is 0. The van der Waals surface area contributed by atoms with Gasteiger partial charge in [0, 0.05) is 0 Å². The van der Waals surface area contributed by atoms with Gasteiger partial charge in [0.15, 0.2) is 0 Å². The molecule has 0 aliphatic rings. The molecule has 17 heteroatoms. The van der Waals surface area contributed by atoms with E-state index in [-0.39, 0.29) is 0 Å². The lowest BCUT2D eigenvalue weighted by molar-refractivity contribution is -0.540. The molecule has 0 aromatic heterocycles. The molecule has 0 aromatic rings. The van der Waals surface area contributed by atoms with Crippen LogP contribution in [0.5, 0.6) is 0 Å². The van der Waals surface area contributed by atoms with Crippen LogP contribution in [0.25, 0.3) is 0 Å². The third-order valence-electron chi connectivity index (χ3n) is 1.62. The molecule has 0 unspecified atom stereocenters. The third-order valence-corrected chi connectivity index (χ3v) is 1.62. The molecular formula is C8F14O3. The summed E-state index contributed by atoms with van der Waals surface area (Å²) in [6, 6.07) is -3.58. The Morgan fingerprint density at radius 3 is 1.32 bits per heavy atom. The van der Waals surface area contributed by atoms with Gasteiger partial charge in [-0.15, -0.1) is 8.78 Å². The lowest BCUT2D eigenvalue weighted by Gasteiger charge is -2.29. The predicted molar refractivity (Wildman–Crippen MR) is 43.7 cm³/mol. The van der Waals surface area contributed by atoms with E-state index in [9.17, 15) is 61.5 Å². The fourth-order valence-corrected chi connectivity index (χ4v) is 0.748. The van der Waals surface area contributed by atoms with Crippen LogP contribution in [0.2, 0.25) is 0 Å². The summed E-state index contributed by atoms with van der Waals surface area (Å²) in [5, 5.41) is 0. The molecule has 0 radical (unpaired) electrons. The Morgan fingerprint density at radius 1 is 0.560 bits per heavy atom. The highest BCUT2D eigenvalue weighted by molar-refractivity contribution is 5.00. The lowest BCUT2D eigenvalue weighted by atomic mass is 10.5. The van der Waals surface area contributed by atoms with Gasteiger partial charge in [0.1, 0.15) is 0 Å². The van der Waals surface area contributed by atoms with E-state index in [4.69, 9.17) is 0 Å². The van der Waals surface area contributed by atoms with Crippen molar-refractivity contribution in [1.29, 1.82) is 0 Å². The zero-order valence-corrected chi connectivity index (χ0v) is 10.5. The predicted octanol–water partition coefficient (Wildman–Crippen LogP) is 5.48. The SMILES string of the molecule is FC(F)=C(F)OC(F)(F)OC(F)(F)C(F)(F)OC(F)(F)C(F)=C(F)F. The van der Waals surface area contributed by atoms with Crippen molar-refractivity contribution in [1.82, 2.24) is 0 Å². The molecule has 0 atom stereocenters. The highest BCUT2D eigenvalue weighted by atomic mass is 19.3. The first-order chi connectivity index (χ1) is 10.8. The van der Waals surface area contributed by atoms with E-state index in [2.05, 4.69) is 4.74 Å². The summed E-state index contributed by atoms with van der Waals surface area (Å²) >= 11 is 0. The van der Waals surface area contributed by atoms with Crippen molar-refractivity contribution in [3.63, 3.8) is 0 Å². The molecule has 25 heavy (non-hydrogen) atoms. The summed E-state index contributed by atoms with van der Waals surface area (Å²) in [5.74, 6) is -4.08. The van der Waals surface area contributed by atoms with Gasteiger partial charge in [-0.2, -0.15) is 52.7 Å². The monoisotopic (exact) mass is 410 g/mol. The topological polar surface area (TPSA) is 27.7 Å². The maximum atomic E-state index is 12.7. The highest BCUT2D eigenvalue weighted by Gasteiger charge is 2.69. The van der Waals surface area contributed by atoms with E-state index in [1.807, 2.05) is 0 Å². The molecule has 0 spiro atoms. The highest BCUT2D eigenvalue weighted by Crippen LogP contribution is 2.46. The Hall–Kier alpha value is -1.78. The molecule has 3 nitrogen and oxygen atoms in total. The van der Waals surface area contributed by atoms with E-state index in [1.165, 1.54) is 0 Å². The second-order valence-corrected chi connectivity index (χ2v) is 3.43. The molecule has 0 heterocycles. The number of ether oxygens (including phenoxy) is 3. The second-order valence-electron chi connectivity index (χ2n) is 3.43. The minimum absolute atomic E-state index is 1.71. The first-order valence-electron chi connectivity index (χ1n) is 4.87. The quantitative estimate of drug-likeness (QED) is 0.302.